The molecular weight excluding hydrogens is 320 g/mol. The van der Waals surface area contributed by atoms with E-state index in [0.29, 0.717) is 5.92 Å². The maximum absolute atomic E-state index is 5.51. The van der Waals surface area contributed by atoms with Crippen LogP contribution in [0.2, 0.25) is 0 Å². The average molecular weight is 348 g/mol. The van der Waals surface area contributed by atoms with Crippen LogP contribution in [0.3, 0.4) is 0 Å². The molecule has 0 saturated carbocycles. The van der Waals surface area contributed by atoms with E-state index < -0.39 is 0 Å². The van der Waals surface area contributed by atoms with Crippen LogP contribution in [0, 0.1) is 0 Å². The first-order valence-corrected chi connectivity index (χ1v) is 9.32. The van der Waals surface area contributed by atoms with Crippen molar-refractivity contribution in [1.82, 2.24) is 9.80 Å². The maximum Gasteiger partial charge on any atom is 0.133 e. The summed E-state index contributed by atoms with van der Waals surface area (Å²) in [6.07, 6.45) is 1.77. The van der Waals surface area contributed by atoms with E-state index in [0.717, 1.165) is 18.7 Å². The van der Waals surface area contributed by atoms with E-state index in [-0.39, 0.29) is 5.54 Å². The molecule has 3 nitrogen and oxygen atoms in total. The third-order valence-electron chi connectivity index (χ3n) is 6.16. The summed E-state index contributed by atoms with van der Waals surface area (Å²) < 4.78 is 5.51. The first kappa shape index (κ1) is 17.3. The molecule has 0 fully saturated rings. The van der Waals surface area contributed by atoms with E-state index >= 15 is 0 Å². The largest absolute Gasteiger partial charge is 0.464 e. The van der Waals surface area contributed by atoms with Gasteiger partial charge in [-0.25, -0.2) is 0 Å². The monoisotopic (exact) mass is 348 g/mol. The number of furan rings is 1. The van der Waals surface area contributed by atoms with Gasteiger partial charge in [0.25, 0.3) is 0 Å². The van der Waals surface area contributed by atoms with Crippen molar-refractivity contribution in [2.75, 3.05) is 27.7 Å². The summed E-state index contributed by atoms with van der Waals surface area (Å²) in [5.41, 5.74) is 6.64. The maximum atomic E-state index is 5.51. The van der Waals surface area contributed by atoms with Crippen molar-refractivity contribution in [1.29, 1.82) is 0 Å². The standard InChI is InChI=1S/C23H28N2O/c1-23(2,24(3)4)19-7-8-20-18(13-19)14-25(5)15-21(20)16-6-9-22-17(12-16)10-11-26-22/h6-13,21H,14-15H2,1-5H3. The minimum absolute atomic E-state index is 0.0241. The van der Waals surface area contributed by atoms with Gasteiger partial charge in [-0.05, 0) is 75.4 Å². The van der Waals surface area contributed by atoms with Crippen LogP contribution in [0.25, 0.3) is 11.0 Å². The summed E-state index contributed by atoms with van der Waals surface area (Å²) in [6.45, 7) is 6.63. The van der Waals surface area contributed by atoms with Crippen LogP contribution in [-0.4, -0.2) is 37.5 Å². The molecule has 2 aromatic carbocycles. The van der Waals surface area contributed by atoms with Gasteiger partial charge in [-0.3, -0.25) is 0 Å². The van der Waals surface area contributed by atoms with Crippen LogP contribution in [0.1, 0.15) is 42.0 Å². The topological polar surface area (TPSA) is 19.6 Å². The van der Waals surface area contributed by atoms with Gasteiger partial charge in [0.1, 0.15) is 5.58 Å². The second-order valence-electron chi connectivity index (χ2n) is 8.33. The molecule has 0 amide bonds. The van der Waals surface area contributed by atoms with E-state index in [9.17, 15) is 0 Å². The second-order valence-corrected chi connectivity index (χ2v) is 8.33. The Balaban J connectivity index is 1.78. The van der Waals surface area contributed by atoms with Gasteiger partial charge in [0.05, 0.1) is 6.26 Å². The highest BCUT2D eigenvalue weighted by atomic mass is 16.3. The Morgan fingerprint density at radius 2 is 1.88 bits per heavy atom. The average Bonchev–Trinajstić information content (AvgIpc) is 3.07. The molecule has 1 atom stereocenters. The highest BCUT2D eigenvalue weighted by Gasteiger charge is 2.29. The van der Waals surface area contributed by atoms with Crippen molar-refractivity contribution < 1.29 is 4.42 Å². The van der Waals surface area contributed by atoms with Crippen LogP contribution < -0.4 is 0 Å². The number of hydrogen-bond donors (Lipinski definition) is 0. The molecule has 26 heavy (non-hydrogen) atoms. The first-order valence-electron chi connectivity index (χ1n) is 9.32. The summed E-state index contributed by atoms with van der Waals surface area (Å²) in [4.78, 5) is 4.71. The van der Waals surface area contributed by atoms with Gasteiger partial charge in [0, 0.05) is 29.9 Å². The Bertz CT molecular complexity index is 938. The lowest BCUT2D eigenvalue weighted by molar-refractivity contribution is 0.197. The number of hydrogen-bond acceptors (Lipinski definition) is 3. The van der Waals surface area contributed by atoms with E-state index in [2.05, 4.69) is 87.3 Å². The molecule has 3 aromatic rings. The van der Waals surface area contributed by atoms with Gasteiger partial charge in [0.2, 0.25) is 0 Å². The molecule has 0 aliphatic carbocycles. The van der Waals surface area contributed by atoms with E-state index in [1.807, 2.05) is 0 Å². The predicted molar refractivity (Wildman–Crippen MR) is 108 cm³/mol. The Morgan fingerprint density at radius 3 is 2.65 bits per heavy atom. The molecule has 0 saturated heterocycles. The Labute approximate surface area is 156 Å². The van der Waals surface area contributed by atoms with Crippen molar-refractivity contribution in [3.63, 3.8) is 0 Å². The fourth-order valence-electron chi connectivity index (χ4n) is 3.97. The van der Waals surface area contributed by atoms with Crippen LogP contribution in [0.15, 0.2) is 53.1 Å². The molecule has 4 rings (SSSR count). The summed E-state index contributed by atoms with van der Waals surface area (Å²) in [5, 5.41) is 1.18. The molecule has 3 heteroatoms. The molecule has 1 aromatic heterocycles. The first-order chi connectivity index (χ1) is 12.4. The number of likely N-dealkylation sites (N-methyl/N-ethyl adjacent to an activating group) is 1. The third kappa shape index (κ3) is 2.85. The SMILES string of the molecule is CN1Cc2cc(C(C)(C)N(C)C)ccc2C(c2ccc3occc3c2)C1. The van der Waals surface area contributed by atoms with Crippen LogP contribution in [0.5, 0.6) is 0 Å². The minimum atomic E-state index is 0.0241. The summed E-state index contributed by atoms with van der Waals surface area (Å²) in [6, 6.07) is 15.7. The van der Waals surface area contributed by atoms with Crippen LogP contribution in [0.4, 0.5) is 0 Å². The lowest BCUT2D eigenvalue weighted by Crippen LogP contribution is -2.36. The van der Waals surface area contributed by atoms with Gasteiger partial charge < -0.3 is 14.2 Å². The zero-order chi connectivity index (χ0) is 18.5. The Hall–Kier alpha value is -2.10. The highest BCUT2D eigenvalue weighted by Crippen LogP contribution is 2.37. The van der Waals surface area contributed by atoms with E-state index in [1.165, 1.54) is 27.6 Å². The van der Waals surface area contributed by atoms with Crippen molar-refractivity contribution in [2.24, 2.45) is 0 Å². The molecule has 1 aliphatic rings. The number of benzene rings is 2. The quantitative estimate of drug-likeness (QED) is 0.677. The molecule has 136 valence electrons. The van der Waals surface area contributed by atoms with E-state index in [4.69, 9.17) is 4.42 Å². The fourth-order valence-corrected chi connectivity index (χ4v) is 3.97. The van der Waals surface area contributed by atoms with Gasteiger partial charge >= 0.3 is 0 Å². The fraction of sp³-hybridized carbons (Fsp3) is 0.391. The zero-order valence-electron chi connectivity index (χ0n) is 16.4. The Kier molecular flexibility index (Phi) is 4.17. The number of fused-ring (bicyclic) bond motifs is 2. The molecular formula is C23H28N2O. The molecule has 0 N–H and O–H groups in total. The smallest absolute Gasteiger partial charge is 0.133 e. The van der Waals surface area contributed by atoms with Crippen LogP contribution >= 0.6 is 0 Å². The number of rotatable bonds is 3. The van der Waals surface area contributed by atoms with Gasteiger partial charge in [0.15, 0.2) is 0 Å². The van der Waals surface area contributed by atoms with Crippen molar-refractivity contribution in [3.8, 4) is 0 Å². The minimum Gasteiger partial charge on any atom is -0.464 e. The van der Waals surface area contributed by atoms with Crippen molar-refractivity contribution in [2.45, 2.75) is 31.8 Å². The highest BCUT2D eigenvalue weighted by molar-refractivity contribution is 5.78. The Morgan fingerprint density at radius 1 is 1.08 bits per heavy atom. The van der Waals surface area contributed by atoms with Crippen molar-refractivity contribution in [3.05, 3.63) is 71.0 Å². The van der Waals surface area contributed by atoms with E-state index in [1.54, 1.807) is 6.26 Å². The molecule has 0 bridgehead atoms. The second kappa shape index (κ2) is 6.26. The molecule has 1 aliphatic heterocycles. The summed E-state index contributed by atoms with van der Waals surface area (Å²) in [5.74, 6) is 0.402. The lowest BCUT2D eigenvalue weighted by atomic mass is 9.81. The van der Waals surface area contributed by atoms with Gasteiger partial charge in [-0.2, -0.15) is 0 Å². The van der Waals surface area contributed by atoms with Gasteiger partial charge in [-0.15, -0.1) is 0 Å². The predicted octanol–water partition coefficient (Wildman–Crippen LogP) is 4.81. The summed E-state index contributed by atoms with van der Waals surface area (Å²) in [7, 11) is 6.51. The number of nitrogens with zero attached hydrogens (tertiary/aromatic N) is 2. The lowest BCUT2D eigenvalue weighted by Gasteiger charge is -2.37. The summed E-state index contributed by atoms with van der Waals surface area (Å²) >= 11 is 0. The van der Waals surface area contributed by atoms with Crippen LogP contribution in [-0.2, 0) is 12.1 Å². The molecule has 0 radical (unpaired) electrons. The molecule has 2 heterocycles. The van der Waals surface area contributed by atoms with Gasteiger partial charge in [-0.1, -0.05) is 24.3 Å². The molecule has 1 unspecified atom stereocenters. The van der Waals surface area contributed by atoms with Crippen molar-refractivity contribution >= 4 is 11.0 Å². The molecule has 0 spiro atoms. The zero-order valence-corrected chi connectivity index (χ0v) is 16.4. The normalized spacial score (nSPS) is 18.5. The third-order valence-corrected chi connectivity index (χ3v) is 6.16.